The van der Waals surface area contributed by atoms with Crippen molar-refractivity contribution in [2.24, 2.45) is 0 Å². The molecule has 0 bridgehead atoms. The van der Waals surface area contributed by atoms with Crippen molar-refractivity contribution in [2.75, 3.05) is 7.11 Å². The van der Waals surface area contributed by atoms with Crippen LogP contribution in [0.3, 0.4) is 0 Å². The zero-order chi connectivity index (χ0) is 20.1. The highest BCUT2D eigenvalue weighted by molar-refractivity contribution is 7.86. The van der Waals surface area contributed by atoms with Gasteiger partial charge >= 0.3 is 0 Å². The second-order valence-electron chi connectivity index (χ2n) is 6.25. The van der Waals surface area contributed by atoms with Gasteiger partial charge in [0, 0.05) is 11.1 Å². The van der Waals surface area contributed by atoms with Crippen LogP contribution in [0.15, 0.2) is 65.6 Å². The van der Waals surface area contributed by atoms with Crippen LogP contribution in [0.5, 0.6) is 5.75 Å². The minimum absolute atomic E-state index is 0.0569. The first-order valence-electron chi connectivity index (χ1n) is 8.27. The van der Waals surface area contributed by atoms with Crippen LogP contribution in [0.4, 0.5) is 8.78 Å². The molecule has 0 aliphatic heterocycles. The van der Waals surface area contributed by atoms with E-state index in [1.54, 1.807) is 48.5 Å². The van der Waals surface area contributed by atoms with Crippen molar-refractivity contribution >= 4 is 31.7 Å². The molecule has 0 aliphatic rings. The van der Waals surface area contributed by atoms with Gasteiger partial charge in [-0.15, -0.1) is 0 Å². The van der Waals surface area contributed by atoms with Crippen molar-refractivity contribution < 1.29 is 26.5 Å². The van der Waals surface area contributed by atoms with Crippen molar-refractivity contribution in [3.05, 3.63) is 72.3 Å². The first-order chi connectivity index (χ1) is 13.3. The number of halogens is 2. The maximum absolute atomic E-state index is 14.8. The summed E-state index contributed by atoms with van der Waals surface area (Å²) in [5.41, 5.74) is -0.0907. The Kier molecular flexibility index (Phi) is 4.28. The maximum Gasteiger partial charge on any atom is 0.298 e. The lowest BCUT2D eigenvalue weighted by molar-refractivity contribution is 0.389. The first kappa shape index (κ1) is 18.3. The van der Waals surface area contributed by atoms with Gasteiger partial charge in [0.15, 0.2) is 11.6 Å². The molecular weight excluding hydrogens is 386 g/mol. The topological polar surface area (TPSA) is 63.6 Å². The molecule has 0 fully saturated rings. The summed E-state index contributed by atoms with van der Waals surface area (Å²) in [6.45, 7) is 0. The molecule has 7 heteroatoms. The Labute approximate surface area is 159 Å². The fourth-order valence-corrected chi connectivity index (χ4v) is 4.31. The van der Waals surface area contributed by atoms with Gasteiger partial charge in [0.2, 0.25) is 0 Å². The van der Waals surface area contributed by atoms with E-state index in [9.17, 15) is 21.8 Å². The summed E-state index contributed by atoms with van der Waals surface area (Å²) < 4.78 is 68.8. The van der Waals surface area contributed by atoms with Crippen LogP contribution >= 0.6 is 0 Å². The van der Waals surface area contributed by atoms with Crippen LogP contribution in [-0.2, 0) is 10.1 Å². The van der Waals surface area contributed by atoms with Crippen molar-refractivity contribution in [2.45, 2.75) is 4.90 Å². The van der Waals surface area contributed by atoms with Crippen LogP contribution in [0, 0.1) is 11.6 Å². The summed E-state index contributed by atoms with van der Waals surface area (Å²) in [6, 6.07) is 15.5. The van der Waals surface area contributed by atoms with Crippen LogP contribution < -0.4 is 4.74 Å². The number of rotatable bonds is 3. The number of hydrogen-bond donors (Lipinski definition) is 1. The van der Waals surface area contributed by atoms with Crippen molar-refractivity contribution in [3.63, 3.8) is 0 Å². The van der Waals surface area contributed by atoms with Gasteiger partial charge in [0.1, 0.15) is 10.7 Å². The first-order valence-corrected chi connectivity index (χ1v) is 9.71. The van der Waals surface area contributed by atoms with E-state index in [0.29, 0.717) is 21.5 Å². The Morgan fingerprint density at radius 3 is 1.86 bits per heavy atom. The molecule has 28 heavy (non-hydrogen) atoms. The van der Waals surface area contributed by atoms with E-state index in [4.69, 9.17) is 4.74 Å². The SMILES string of the molecule is COc1c(F)cc2ccccc2c1-c1c(S(=O)(=O)O)c(F)cc2ccccc12. The van der Waals surface area contributed by atoms with Crippen molar-refractivity contribution in [1.82, 2.24) is 0 Å². The Hall–Kier alpha value is -3.03. The third kappa shape index (κ3) is 2.80. The number of ether oxygens (including phenoxy) is 1. The lowest BCUT2D eigenvalue weighted by Crippen LogP contribution is -2.06. The van der Waals surface area contributed by atoms with Crippen LogP contribution in [0.25, 0.3) is 32.7 Å². The molecule has 4 nitrogen and oxygen atoms in total. The number of hydrogen-bond acceptors (Lipinski definition) is 3. The van der Waals surface area contributed by atoms with E-state index >= 15 is 0 Å². The fourth-order valence-electron chi connectivity index (χ4n) is 3.54. The van der Waals surface area contributed by atoms with Crippen molar-refractivity contribution in [3.8, 4) is 16.9 Å². The summed E-state index contributed by atoms with van der Waals surface area (Å²) in [5.74, 6) is -2.10. The second-order valence-corrected chi connectivity index (χ2v) is 7.60. The third-order valence-electron chi connectivity index (χ3n) is 4.62. The van der Waals surface area contributed by atoms with Crippen LogP contribution in [0.1, 0.15) is 0 Å². The summed E-state index contributed by atoms with van der Waals surface area (Å²) in [5, 5.41) is 1.68. The molecule has 0 saturated heterocycles. The molecule has 142 valence electrons. The zero-order valence-electron chi connectivity index (χ0n) is 14.6. The van der Waals surface area contributed by atoms with Gasteiger partial charge in [0.05, 0.1) is 7.11 Å². The lowest BCUT2D eigenvalue weighted by atomic mass is 9.92. The molecule has 4 rings (SSSR count). The monoisotopic (exact) mass is 400 g/mol. The van der Waals surface area contributed by atoms with Gasteiger partial charge < -0.3 is 4.74 Å². The zero-order valence-corrected chi connectivity index (χ0v) is 15.4. The highest BCUT2D eigenvalue weighted by Gasteiger charge is 2.29. The quantitative estimate of drug-likeness (QED) is 0.481. The Bertz CT molecular complexity index is 1350. The molecule has 0 radical (unpaired) electrons. The molecule has 1 N–H and O–H groups in total. The molecular formula is C21H14F2O4S. The van der Waals surface area contributed by atoms with E-state index < -0.39 is 26.6 Å². The fraction of sp³-hybridized carbons (Fsp3) is 0.0476. The Balaban J connectivity index is 2.35. The van der Waals surface area contributed by atoms with E-state index in [-0.39, 0.29) is 16.9 Å². The van der Waals surface area contributed by atoms with Gasteiger partial charge in [-0.25, -0.2) is 8.78 Å². The summed E-state index contributed by atoms with van der Waals surface area (Å²) in [4.78, 5) is -0.916. The maximum atomic E-state index is 14.8. The highest BCUT2D eigenvalue weighted by Crippen LogP contribution is 2.45. The van der Waals surface area contributed by atoms with Gasteiger partial charge in [-0.1, -0.05) is 48.5 Å². The average molecular weight is 400 g/mol. The minimum Gasteiger partial charge on any atom is -0.493 e. The molecule has 0 aromatic heterocycles. The van der Waals surface area contributed by atoms with Crippen LogP contribution in [-0.4, -0.2) is 20.1 Å². The largest absolute Gasteiger partial charge is 0.493 e. The number of methoxy groups -OCH3 is 1. The molecule has 0 saturated carbocycles. The molecule has 0 atom stereocenters. The van der Waals surface area contributed by atoms with Crippen LogP contribution in [0.2, 0.25) is 0 Å². The van der Waals surface area contributed by atoms with Crippen molar-refractivity contribution in [1.29, 1.82) is 0 Å². The smallest absolute Gasteiger partial charge is 0.298 e. The Morgan fingerprint density at radius 2 is 1.32 bits per heavy atom. The average Bonchev–Trinajstić information content (AvgIpc) is 2.65. The molecule has 4 aromatic rings. The van der Waals surface area contributed by atoms with E-state index in [0.717, 1.165) is 6.07 Å². The second kappa shape index (κ2) is 6.54. The van der Waals surface area contributed by atoms with Gasteiger partial charge in [0.25, 0.3) is 10.1 Å². The Morgan fingerprint density at radius 1 is 0.821 bits per heavy atom. The number of fused-ring (bicyclic) bond motifs is 2. The van der Waals surface area contributed by atoms with Gasteiger partial charge in [-0.2, -0.15) is 8.42 Å². The third-order valence-corrected chi connectivity index (χ3v) is 5.54. The normalized spacial score (nSPS) is 11.9. The molecule has 0 amide bonds. The highest BCUT2D eigenvalue weighted by atomic mass is 32.2. The molecule has 0 unspecified atom stereocenters. The standard InChI is InChI=1S/C21H14F2O4S/c1-27-20-16(22)10-12-6-2-4-8-14(12)18(20)19-15-9-5-3-7-13(15)11-17(23)21(19)28(24,25)26/h2-11H,1H3,(H,24,25,26). The molecule has 0 heterocycles. The van der Waals surface area contributed by atoms with E-state index in [1.807, 2.05) is 0 Å². The predicted molar refractivity (Wildman–Crippen MR) is 103 cm³/mol. The molecule has 0 spiro atoms. The van der Waals surface area contributed by atoms with Gasteiger partial charge in [-0.05, 0) is 33.7 Å². The number of benzene rings is 4. The van der Waals surface area contributed by atoms with Gasteiger partial charge in [-0.3, -0.25) is 4.55 Å². The summed E-state index contributed by atoms with van der Waals surface area (Å²) in [7, 11) is -3.72. The minimum atomic E-state index is -4.96. The molecule has 0 aliphatic carbocycles. The van der Waals surface area contributed by atoms with E-state index in [1.165, 1.54) is 13.2 Å². The molecule has 4 aromatic carbocycles. The lowest BCUT2D eigenvalue weighted by Gasteiger charge is -2.18. The summed E-state index contributed by atoms with van der Waals surface area (Å²) in [6.07, 6.45) is 0. The van der Waals surface area contributed by atoms with E-state index in [2.05, 4.69) is 0 Å². The predicted octanol–water partition coefficient (Wildman–Crippen LogP) is 5.19. The summed E-state index contributed by atoms with van der Waals surface area (Å²) >= 11 is 0.